The van der Waals surface area contributed by atoms with Gasteiger partial charge >= 0.3 is 5.76 Å². The van der Waals surface area contributed by atoms with Crippen molar-refractivity contribution < 1.29 is 21.9 Å². The average Bonchev–Trinajstić information content (AvgIpc) is 2.87. The summed E-state index contributed by atoms with van der Waals surface area (Å²) < 4.78 is 56.1. The predicted octanol–water partition coefficient (Wildman–Crippen LogP) is 2.60. The van der Waals surface area contributed by atoms with Crippen LogP contribution in [0.15, 0.2) is 29.2 Å². The second-order valence-electron chi connectivity index (χ2n) is 5.07. The minimum atomic E-state index is -4.69. The molecule has 1 aromatic heterocycles. The van der Waals surface area contributed by atoms with Gasteiger partial charge in [0.1, 0.15) is 0 Å². The largest absolute Gasteiger partial charge is 0.481 e. The van der Waals surface area contributed by atoms with Crippen LogP contribution >= 0.6 is 0 Å². The third kappa shape index (κ3) is 3.35. The zero-order valence-electron chi connectivity index (χ0n) is 13.6. The number of alkyl halides is 2. The summed E-state index contributed by atoms with van der Waals surface area (Å²) in [5, 5.41) is 7.23. The van der Waals surface area contributed by atoms with Gasteiger partial charge in [-0.3, -0.25) is 0 Å². The van der Waals surface area contributed by atoms with E-state index in [-0.39, 0.29) is 12.2 Å². The van der Waals surface area contributed by atoms with E-state index in [1.165, 1.54) is 19.2 Å². The van der Waals surface area contributed by atoms with Crippen LogP contribution < -0.4 is 10.1 Å². The van der Waals surface area contributed by atoms with Gasteiger partial charge in [-0.15, -0.1) is 0 Å². The lowest BCUT2D eigenvalue weighted by Gasteiger charge is -2.13. The Morgan fingerprint density at radius 2 is 2.00 bits per heavy atom. The molecule has 0 aliphatic heterocycles. The van der Waals surface area contributed by atoms with Crippen LogP contribution in [0.1, 0.15) is 18.2 Å². The molecule has 132 valence electrons. The molecule has 0 unspecified atom stereocenters. The van der Waals surface area contributed by atoms with Crippen LogP contribution in [0.5, 0.6) is 5.88 Å². The number of aryl methyl sites for hydroxylation is 2. The molecular formula is C15H19F2N3O3S. The molecule has 0 bridgehead atoms. The highest BCUT2D eigenvalue weighted by molar-refractivity contribution is 7.91. The summed E-state index contributed by atoms with van der Waals surface area (Å²) in [5.74, 6) is -2.94. The van der Waals surface area contributed by atoms with Crippen molar-refractivity contribution in [2.45, 2.75) is 30.5 Å². The molecule has 0 aliphatic rings. The molecule has 0 amide bonds. The Morgan fingerprint density at radius 3 is 2.58 bits per heavy atom. The van der Waals surface area contributed by atoms with Gasteiger partial charge in [0.25, 0.3) is 0 Å². The summed E-state index contributed by atoms with van der Waals surface area (Å²) in [6, 6.07) is 5.59. The molecule has 1 heterocycles. The fraction of sp³-hybridized carbons (Fsp3) is 0.400. The second kappa shape index (κ2) is 7.16. The second-order valence-corrected chi connectivity index (χ2v) is 6.95. The lowest BCUT2D eigenvalue weighted by Crippen LogP contribution is -2.14. The Hall–Kier alpha value is -2.16. The van der Waals surface area contributed by atoms with E-state index in [0.717, 1.165) is 17.3 Å². The standard InChI is InChI=1S/C15H19F2N3O3S/c1-4-11-10(14(23-3)20(2)19-11)9-18-12-7-5-6-8-13(12)24(21,22)15(16)17/h5-8,15,18H,4,9H2,1-3H3. The molecule has 9 heteroatoms. The molecule has 0 spiro atoms. The summed E-state index contributed by atoms with van der Waals surface area (Å²) in [5.41, 5.74) is 1.66. The quantitative estimate of drug-likeness (QED) is 0.823. The van der Waals surface area contributed by atoms with Crippen molar-refractivity contribution in [3.8, 4) is 5.88 Å². The zero-order valence-corrected chi connectivity index (χ0v) is 14.4. The molecule has 2 rings (SSSR count). The highest BCUT2D eigenvalue weighted by atomic mass is 32.2. The van der Waals surface area contributed by atoms with Crippen molar-refractivity contribution in [3.05, 3.63) is 35.5 Å². The Bertz CT molecular complexity index is 819. The van der Waals surface area contributed by atoms with Gasteiger partial charge in [-0.05, 0) is 18.6 Å². The van der Waals surface area contributed by atoms with E-state index in [0.29, 0.717) is 12.3 Å². The Labute approximate surface area is 139 Å². The molecule has 0 fully saturated rings. The minimum Gasteiger partial charge on any atom is -0.481 e. The zero-order chi connectivity index (χ0) is 17.9. The van der Waals surface area contributed by atoms with Gasteiger partial charge in [0, 0.05) is 13.6 Å². The Kier molecular flexibility index (Phi) is 5.43. The Balaban J connectivity index is 2.35. The normalized spacial score (nSPS) is 11.8. The van der Waals surface area contributed by atoms with Crippen molar-refractivity contribution in [1.29, 1.82) is 0 Å². The highest BCUT2D eigenvalue weighted by Gasteiger charge is 2.29. The van der Waals surface area contributed by atoms with Crippen LogP contribution in [0.25, 0.3) is 0 Å². The van der Waals surface area contributed by atoms with Gasteiger partial charge < -0.3 is 10.1 Å². The third-order valence-corrected chi connectivity index (χ3v) is 5.02. The number of sulfone groups is 1. The summed E-state index contributed by atoms with van der Waals surface area (Å²) in [6.45, 7) is 2.14. The van der Waals surface area contributed by atoms with E-state index < -0.39 is 20.5 Å². The SMILES string of the molecule is CCc1nn(C)c(OC)c1CNc1ccccc1S(=O)(=O)C(F)F. The van der Waals surface area contributed by atoms with E-state index in [4.69, 9.17) is 4.74 Å². The van der Waals surface area contributed by atoms with Crippen LogP contribution in [-0.2, 0) is 29.9 Å². The number of ether oxygens (including phenoxy) is 1. The first-order valence-electron chi connectivity index (χ1n) is 7.26. The van der Waals surface area contributed by atoms with E-state index in [2.05, 4.69) is 10.4 Å². The summed E-state index contributed by atoms with van der Waals surface area (Å²) >= 11 is 0. The molecule has 0 atom stereocenters. The van der Waals surface area contributed by atoms with Crippen molar-refractivity contribution in [2.24, 2.45) is 7.05 Å². The molecule has 6 nitrogen and oxygen atoms in total. The molecular weight excluding hydrogens is 340 g/mol. The number of para-hydroxylation sites is 1. The minimum absolute atomic E-state index is 0.116. The van der Waals surface area contributed by atoms with Crippen molar-refractivity contribution in [1.82, 2.24) is 9.78 Å². The lowest BCUT2D eigenvalue weighted by molar-refractivity contribution is 0.235. The number of hydrogen-bond donors (Lipinski definition) is 1. The molecule has 0 saturated heterocycles. The maximum Gasteiger partial charge on any atom is 0.341 e. The monoisotopic (exact) mass is 359 g/mol. The van der Waals surface area contributed by atoms with Crippen LogP contribution in [0, 0.1) is 0 Å². The van der Waals surface area contributed by atoms with Gasteiger partial charge in [0.2, 0.25) is 15.7 Å². The molecule has 0 radical (unpaired) electrons. The summed E-state index contributed by atoms with van der Waals surface area (Å²) in [6.07, 6.45) is 0.658. The predicted molar refractivity (Wildman–Crippen MR) is 86.1 cm³/mol. The van der Waals surface area contributed by atoms with Gasteiger partial charge in [0.15, 0.2) is 0 Å². The van der Waals surface area contributed by atoms with E-state index in [9.17, 15) is 17.2 Å². The number of benzene rings is 1. The summed E-state index contributed by atoms with van der Waals surface area (Å²) in [7, 11) is -1.44. The highest BCUT2D eigenvalue weighted by Crippen LogP contribution is 2.28. The number of nitrogens with zero attached hydrogens (tertiary/aromatic N) is 2. The van der Waals surface area contributed by atoms with Crippen LogP contribution in [0.2, 0.25) is 0 Å². The average molecular weight is 359 g/mol. The van der Waals surface area contributed by atoms with Crippen LogP contribution in [0.4, 0.5) is 14.5 Å². The van der Waals surface area contributed by atoms with Gasteiger partial charge in [-0.2, -0.15) is 13.9 Å². The summed E-state index contributed by atoms with van der Waals surface area (Å²) in [4.78, 5) is -0.430. The maximum atomic E-state index is 12.8. The third-order valence-electron chi connectivity index (χ3n) is 3.58. The molecule has 1 aromatic carbocycles. The van der Waals surface area contributed by atoms with Gasteiger partial charge in [-0.1, -0.05) is 19.1 Å². The van der Waals surface area contributed by atoms with Gasteiger partial charge in [-0.25, -0.2) is 13.1 Å². The fourth-order valence-electron chi connectivity index (χ4n) is 2.46. The number of aromatic nitrogens is 2. The van der Waals surface area contributed by atoms with Gasteiger partial charge in [0.05, 0.1) is 29.0 Å². The molecule has 24 heavy (non-hydrogen) atoms. The maximum absolute atomic E-state index is 12.8. The first-order valence-corrected chi connectivity index (χ1v) is 8.81. The first-order chi connectivity index (χ1) is 11.3. The van der Waals surface area contributed by atoms with Crippen molar-refractivity contribution >= 4 is 15.5 Å². The van der Waals surface area contributed by atoms with Crippen molar-refractivity contribution in [3.63, 3.8) is 0 Å². The molecule has 0 saturated carbocycles. The molecule has 0 aliphatic carbocycles. The number of halogens is 2. The van der Waals surface area contributed by atoms with Crippen molar-refractivity contribution in [2.75, 3.05) is 12.4 Å². The van der Waals surface area contributed by atoms with E-state index in [1.54, 1.807) is 17.8 Å². The topological polar surface area (TPSA) is 73.2 Å². The lowest BCUT2D eigenvalue weighted by atomic mass is 10.2. The Morgan fingerprint density at radius 1 is 1.33 bits per heavy atom. The van der Waals surface area contributed by atoms with E-state index in [1.807, 2.05) is 6.92 Å². The number of methoxy groups -OCH3 is 1. The molecule has 1 N–H and O–H groups in total. The molecule has 2 aromatic rings. The number of nitrogens with one attached hydrogen (secondary N) is 1. The van der Waals surface area contributed by atoms with Crippen LogP contribution in [-0.4, -0.2) is 31.1 Å². The van der Waals surface area contributed by atoms with E-state index >= 15 is 0 Å². The smallest absolute Gasteiger partial charge is 0.341 e. The first kappa shape index (κ1) is 18.2. The van der Waals surface area contributed by atoms with Crippen LogP contribution in [0.3, 0.4) is 0 Å². The number of rotatable bonds is 7. The number of hydrogen-bond acceptors (Lipinski definition) is 5. The number of anilines is 1. The fourth-order valence-corrected chi connectivity index (χ4v) is 3.37.